The fourth-order valence-electron chi connectivity index (χ4n) is 3.19. The van der Waals surface area contributed by atoms with Gasteiger partial charge in [0.1, 0.15) is 18.3 Å². The van der Waals surface area contributed by atoms with E-state index in [0.29, 0.717) is 13.2 Å². The first kappa shape index (κ1) is 17.4. The van der Waals surface area contributed by atoms with Crippen LogP contribution in [0.5, 0.6) is 0 Å². The molecule has 134 valence electrons. The highest BCUT2D eigenvalue weighted by molar-refractivity contribution is 5.80. The van der Waals surface area contributed by atoms with E-state index in [-0.39, 0.29) is 6.10 Å². The van der Waals surface area contributed by atoms with Crippen molar-refractivity contribution in [3.63, 3.8) is 0 Å². The van der Waals surface area contributed by atoms with Gasteiger partial charge in [0.2, 0.25) is 0 Å². The molecule has 0 spiro atoms. The fourth-order valence-corrected chi connectivity index (χ4v) is 3.19. The van der Waals surface area contributed by atoms with Crippen LogP contribution in [-0.2, 0) is 18.3 Å². The smallest absolute Gasteiger partial charge is 0.194 e. The standard InChI is InChI=1S/C18H26N6O/c1-13-5-6-15(14(2)9-13)16-11-24(7-8-25-16)18(19-3)20-10-17-21-12-22-23(17)4/h5-6,9,12,16H,7-8,10-11H2,1-4H3,(H,19,20). The van der Waals surface area contributed by atoms with Gasteiger partial charge in [-0.05, 0) is 25.0 Å². The van der Waals surface area contributed by atoms with Crippen molar-refractivity contribution in [3.8, 4) is 0 Å². The first-order chi connectivity index (χ1) is 12.1. The Morgan fingerprint density at radius 3 is 2.92 bits per heavy atom. The average Bonchev–Trinajstić information content (AvgIpc) is 3.01. The summed E-state index contributed by atoms with van der Waals surface area (Å²) in [5.41, 5.74) is 3.79. The Labute approximate surface area is 148 Å². The molecule has 0 amide bonds. The highest BCUT2D eigenvalue weighted by Gasteiger charge is 2.25. The van der Waals surface area contributed by atoms with E-state index in [4.69, 9.17) is 4.74 Å². The van der Waals surface area contributed by atoms with E-state index in [1.807, 2.05) is 7.05 Å². The minimum atomic E-state index is 0.0581. The van der Waals surface area contributed by atoms with Crippen molar-refractivity contribution in [1.82, 2.24) is 25.0 Å². The van der Waals surface area contributed by atoms with Gasteiger partial charge in [0, 0.05) is 20.6 Å². The summed E-state index contributed by atoms with van der Waals surface area (Å²) < 4.78 is 7.79. The second kappa shape index (κ2) is 7.65. The van der Waals surface area contributed by atoms with Gasteiger partial charge in [-0.3, -0.25) is 9.67 Å². The normalized spacial score (nSPS) is 18.5. The zero-order valence-electron chi connectivity index (χ0n) is 15.4. The maximum absolute atomic E-state index is 6.03. The molecule has 1 saturated heterocycles. The summed E-state index contributed by atoms with van der Waals surface area (Å²) in [5, 5.41) is 7.47. The van der Waals surface area contributed by atoms with Crippen molar-refractivity contribution in [1.29, 1.82) is 0 Å². The van der Waals surface area contributed by atoms with Gasteiger partial charge in [-0.25, -0.2) is 4.98 Å². The van der Waals surface area contributed by atoms with Crippen LogP contribution in [0.4, 0.5) is 0 Å². The molecule has 2 heterocycles. The van der Waals surface area contributed by atoms with Gasteiger partial charge in [-0.15, -0.1) is 0 Å². The van der Waals surface area contributed by atoms with Gasteiger partial charge in [0.05, 0.1) is 19.7 Å². The van der Waals surface area contributed by atoms with Gasteiger partial charge in [-0.1, -0.05) is 23.8 Å². The summed E-state index contributed by atoms with van der Waals surface area (Å²) in [6, 6.07) is 6.53. The van der Waals surface area contributed by atoms with Crippen LogP contribution in [0.3, 0.4) is 0 Å². The summed E-state index contributed by atoms with van der Waals surface area (Å²) in [6.07, 6.45) is 1.62. The van der Waals surface area contributed by atoms with Crippen LogP contribution in [0.2, 0.25) is 0 Å². The number of morpholine rings is 1. The van der Waals surface area contributed by atoms with Crippen molar-refractivity contribution in [2.75, 3.05) is 26.7 Å². The molecule has 25 heavy (non-hydrogen) atoms. The zero-order valence-corrected chi connectivity index (χ0v) is 15.4. The molecule has 1 aromatic carbocycles. The number of benzene rings is 1. The molecule has 0 aliphatic carbocycles. The van der Waals surface area contributed by atoms with E-state index in [1.54, 1.807) is 18.1 Å². The van der Waals surface area contributed by atoms with E-state index in [0.717, 1.165) is 24.9 Å². The van der Waals surface area contributed by atoms with E-state index >= 15 is 0 Å². The minimum Gasteiger partial charge on any atom is -0.370 e. The van der Waals surface area contributed by atoms with Crippen LogP contribution in [0.15, 0.2) is 29.5 Å². The largest absolute Gasteiger partial charge is 0.370 e. The summed E-state index contributed by atoms with van der Waals surface area (Å²) in [7, 11) is 3.69. The fraction of sp³-hybridized carbons (Fsp3) is 0.500. The third kappa shape index (κ3) is 3.99. The number of aliphatic imine (C=N–C) groups is 1. The molecule has 1 aromatic heterocycles. The van der Waals surface area contributed by atoms with Crippen molar-refractivity contribution in [3.05, 3.63) is 47.0 Å². The summed E-state index contributed by atoms with van der Waals surface area (Å²) in [5.74, 6) is 1.74. The molecular formula is C18H26N6O. The lowest BCUT2D eigenvalue weighted by atomic mass is 10.00. The third-order valence-corrected chi connectivity index (χ3v) is 4.56. The molecule has 1 aliphatic heterocycles. The average molecular weight is 342 g/mol. The van der Waals surface area contributed by atoms with Crippen molar-refractivity contribution >= 4 is 5.96 Å². The van der Waals surface area contributed by atoms with Crippen LogP contribution in [-0.4, -0.2) is 52.4 Å². The number of hydrogen-bond donors (Lipinski definition) is 1. The minimum absolute atomic E-state index is 0.0581. The van der Waals surface area contributed by atoms with Crippen LogP contribution in [0, 0.1) is 13.8 Å². The van der Waals surface area contributed by atoms with Gasteiger partial charge in [-0.2, -0.15) is 5.10 Å². The van der Waals surface area contributed by atoms with E-state index in [1.165, 1.54) is 16.7 Å². The second-order valence-electron chi connectivity index (χ2n) is 6.37. The molecule has 1 aliphatic rings. The Balaban J connectivity index is 1.67. The van der Waals surface area contributed by atoms with Crippen LogP contribution in [0.1, 0.15) is 28.6 Å². The number of ether oxygens (including phenoxy) is 1. The Morgan fingerprint density at radius 2 is 2.24 bits per heavy atom. The number of nitrogens with one attached hydrogen (secondary N) is 1. The number of aromatic nitrogens is 3. The van der Waals surface area contributed by atoms with Crippen LogP contribution >= 0.6 is 0 Å². The monoisotopic (exact) mass is 342 g/mol. The van der Waals surface area contributed by atoms with Crippen LogP contribution in [0.25, 0.3) is 0 Å². The summed E-state index contributed by atoms with van der Waals surface area (Å²) >= 11 is 0. The Hall–Kier alpha value is -2.41. The van der Waals surface area contributed by atoms with E-state index < -0.39 is 0 Å². The molecule has 1 N–H and O–H groups in total. The van der Waals surface area contributed by atoms with Crippen molar-refractivity contribution in [2.45, 2.75) is 26.5 Å². The Bertz CT molecular complexity index is 754. The Kier molecular flexibility index (Phi) is 5.33. The highest BCUT2D eigenvalue weighted by Crippen LogP contribution is 2.25. The molecular weight excluding hydrogens is 316 g/mol. The van der Waals surface area contributed by atoms with E-state index in [2.05, 4.69) is 57.3 Å². The van der Waals surface area contributed by atoms with Crippen molar-refractivity contribution in [2.24, 2.45) is 12.0 Å². The lowest BCUT2D eigenvalue weighted by Gasteiger charge is -2.35. The third-order valence-electron chi connectivity index (χ3n) is 4.56. The van der Waals surface area contributed by atoms with Crippen LogP contribution < -0.4 is 5.32 Å². The second-order valence-corrected chi connectivity index (χ2v) is 6.37. The maximum Gasteiger partial charge on any atom is 0.194 e. The SMILES string of the molecule is CN=C(NCc1ncnn1C)N1CCOC(c2ccc(C)cc2C)C1. The molecule has 7 nitrogen and oxygen atoms in total. The number of hydrogen-bond acceptors (Lipinski definition) is 4. The number of rotatable bonds is 3. The molecule has 3 rings (SSSR count). The van der Waals surface area contributed by atoms with Gasteiger partial charge in [0.25, 0.3) is 0 Å². The van der Waals surface area contributed by atoms with Crippen molar-refractivity contribution < 1.29 is 4.74 Å². The molecule has 1 atom stereocenters. The molecule has 2 aromatic rings. The predicted octanol–water partition coefficient (Wildman–Crippen LogP) is 1.58. The zero-order chi connectivity index (χ0) is 17.8. The summed E-state index contributed by atoms with van der Waals surface area (Å²) in [4.78, 5) is 10.9. The maximum atomic E-state index is 6.03. The van der Waals surface area contributed by atoms with Gasteiger partial charge >= 0.3 is 0 Å². The highest BCUT2D eigenvalue weighted by atomic mass is 16.5. The number of guanidine groups is 1. The van der Waals surface area contributed by atoms with Gasteiger partial charge in [0.15, 0.2) is 5.96 Å². The van der Waals surface area contributed by atoms with Gasteiger partial charge < -0.3 is 15.0 Å². The summed E-state index contributed by atoms with van der Waals surface area (Å²) in [6.45, 7) is 7.13. The molecule has 1 unspecified atom stereocenters. The molecule has 1 fully saturated rings. The predicted molar refractivity (Wildman–Crippen MR) is 97.4 cm³/mol. The van der Waals surface area contributed by atoms with E-state index in [9.17, 15) is 0 Å². The topological polar surface area (TPSA) is 67.6 Å². The first-order valence-corrected chi connectivity index (χ1v) is 8.55. The molecule has 0 bridgehead atoms. The molecule has 0 radical (unpaired) electrons. The quantitative estimate of drug-likeness (QED) is 0.678. The number of nitrogens with zero attached hydrogens (tertiary/aromatic N) is 5. The lowest BCUT2D eigenvalue weighted by Crippen LogP contribution is -2.48. The molecule has 0 saturated carbocycles. The molecule has 7 heteroatoms. The Morgan fingerprint density at radius 1 is 1.40 bits per heavy atom. The lowest BCUT2D eigenvalue weighted by molar-refractivity contribution is -0.00835. The first-order valence-electron chi connectivity index (χ1n) is 8.55. The number of aryl methyl sites for hydroxylation is 3.